The summed E-state index contributed by atoms with van der Waals surface area (Å²) in [5.41, 5.74) is 20.2. The number of benzene rings is 8. The van der Waals surface area contributed by atoms with Crippen molar-refractivity contribution in [3.05, 3.63) is 181 Å². The molecule has 8 aromatic carbocycles. The predicted molar refractivity (Wildman–Crippen MR) is 251 cm³/mol. The van der Waals surface area contributed by atoms with Gasteiger partial charge in [-0.3, -0.25) is 0 Å². The van der Waals surface area contributed by atoms with E-state index in [1.807, 2.05) is 0 Å². The number of rotatable bonds is 2. The quantitative estimate of drug-likeness (QED) is 0.155. The molecule has 10 aromatic rings. The van der Waals surface area contributed by atoms with Crippen LogP contribution in [-0.4, -0.2) is 9.13 Å². The molecule has 3 heteroatoms. The van der Waals surface area contributed by atoms with Gasteiger partial charge in [0.05, 0.1) is 55.7 Å². The zero-order valence-corrected chi connectivity index (χ0v) is 34.5. The minimum atomic E-state index is -0.0363. The van der Waals surface area contributed by atoms with Crippen LogP contribution in [0.1, 0.15) is 52.7 Å². The average molecular weight is 761 g/mol. The Hall–Kier alpha value is -6.68. The van der Waals surface area contributed by atoms with E-state index in [0.29, 0.717) is 4.48 Å². The van der Waals surface area contributed by atoms with Crippen LogP contribution in [-0.2, 0) is 10.8 Å². The summed E-state index contributed by atoms with van der Waals surface area (Å²) in [7, 11) is 0. The Bertz CT molecular complexity index is 3080. The Labute approximate surface area is 345 Å². The second-order valence-electron chi connectivity index (χ2n) is 18.8. The number of fused-ring (bicyclic) bond motifs is 16. The topological polar surface area (TPSA) is 9.86 Å². The standard InChI is InChI=1S/C56H46N3/c1-55(2,3)35-23-27-43-44-28-24-36(56(4,5)6)32-52(44)59(51(43)31-35)53-33-37(57-47-19-11-7-15-39(47)40-16-8-12-20-48(40)57)25-29-45(53)46-30-26-38(34-54(46)59)58-49-21-13-9-17-41(49)42-18-10-14-22-50(42)58/h7-34H,1-6H3/q+1. The van der Waals surface area contributed by atoms with Gasteiger partial charge in [0.2, 0.25) is 0 Å². The lowest BCUT2D eigenvalue weighted by atomic mass is 9.85. The molecule has 0 atom stereocenters. The molecule has 0 fully saturated rings. The molecular weight excluding hydrogens is 715 g/mol. The van der Waals surface area contributed by atoms with Crippen molar-refractivity contribution in [1.29, 1.82) is 0 Å². The van der Waals surface area contributed by atoms with E-state index >= 15 is 0 Å². The predicted octanol–water partition coefficient (Wildman–Crippen LogP) is 15.7. The van der Waals surface area contributed by atoms with Gasteiger partial charge in [0, 0.05) is 45.8 Å². The van der Waals surface area contributed by atoms with Crippen LogP contribution in [0.3, 0.4) is 0 Å². The first-order valence-corrected chi connectivity index (χ1v) is 21.0. The molecule has 2 aliphatic heterocycles. The van der Waals surface area contributed by atoms with Crippen molar-refractivity contribution < 1.29 is 0 Å². The molecule has 284 valence electrons. The van der Waals surface area contributed by atoms with Crippen molar-refractivity contribution in [2.24, 2.45) is 0 Å². The zero-order valence-electron chi connectivity index (χ0n) is 34.5. The fraction of sp³-hybridized carbons (Fsp3) is 0.143. The summed E-state index contributed by atoms with van der Waals surface area (Å²) in [4.78, 5) is 0. The minimum absolute atomic E-state index is 0.0363. The smallest absolute Gasteiger partial charge is 0.158 e. The molecular formula is C56H46N3+. The molecule has 0 aliphatic carbocycles. The molecule has 0 N–H and O–H groups in total. The van der Waals surface area contributed by atoms with Crippen molar-refractivity contribution in [3.63, 3.8) is 0 Å². The van der Waals surface area contributed by atoms with E-state index in [9.17, 15) is 0 Å². The van der Waals surface area contributed by atoms with E-state index in [1.165, 1.54) is 111 Å². The Kier molecular flexibility index (Phi) is 6.82. The van der Waals surface area contributed by atoms with E-state index < -0.39 is 0 Å². The molecule has 3 nitrogen and oxygen atoms in total. The molecule has 2 aliphatic rings. The lowest BCUT2D eigenvalue weighted by Crippen LogP contribution is -2.30. The van der Waals surface area contributed by atoms with Crippen LogP contribution in [0.2, 0.25) is 0 Å². The maximum absolute atomic E-state index is 2.53. The summed E-state index contributed by atoms with van der Waals surface area (Å²) in [6.45, 7) is 14.0. The largest absolute Gasteiger partial charge is 0.309 e. The summed E-state index contributed by atoms with van der Waals surface area (Å²) in [5, 5.41) is 5.09. The van der Waals surface area contributed by atoms with Crippen LogP contribution in [0.15, 0.2) is 170 Å². The first-order valence-electron chi connectivity index (χ1n) is 21.0. The number of hydrogen-bond acceptors (Lipinski definition) is 0. The minimum Gasteiger partial charge on any atom is -0.309 e. The molecule has 59 heavy (non-hydrogen) atoms. The Morgan fingerprint density at radius 2 is 0.610 bits per heavy atom. The lowest BCUT2D eigenvalue weighted by Gasteiger charge is -2.33. The van der Waals surface area contributed by atoms with Crippen LogP contribution >= 0.6 is 0 Å². The Morgan fingerprint density at radius 1 is 0.322 bits per heavy atom. The van der Waals surface area contributed by atoms with Crippen LogP contribution in [0.4, 0.5) is 22.7 Å². The van der Waals surface area contributed by atoms with Crippen molar-refractivity contribution >= 4 is 66.4 Å². The Morgan fingerprint density at radius 3 is 0.932 bits per heavy atom. The second-order valence-corrected chi connectivity index (χ2v) is 18.8. The van der Waals surface area contributed by atoms with Crippen molar-refractivity contribution in [3.8, 4) is 33.6 Å². The monoisotopic (exact) mass is 760 g/mol. The fourth-order valence-electron chi connectivity index (χ4n) is 10.5. The number of para-hydroxylation sites is 4. The van der Waals surface area contributed by atoms with E-state index in [4.69, 9.17) is 0 Å². The average Bonchev–Trinajstić information content (AvgIpc) is 3.94. The molecule has 0 unspecified atom stereocenters. The molecule has 1 spiro atoms. The molecule has 0 saturated heterocycles. The first kappa shape index (κ1) is 34.4. The van der Waals surface area contributed by atoms with Crippen molar-refractivity contribution in [2.75, 3.05) is 0 Å². The number of hydrogen-bond donors (Lipinski definition) is 0. The molecule has 0 radical (unpaired) electrons. The van der Waals surface area contributed by atoms with Gasteiger partial charge in [-0.2, -0.15) is 4.48 Å². The van der Waals surface area contributed by atoms with Crippen molar-refractivity contribution in [1.82, 2.24) is 13.6 Å². The van der Waals surface area contributed by atoms with Gasteiger partial charge < -0.3 is 9.13 Å². The van der Waals surface area contributed by atoms with Gasteiger partial charge in [-0.25, -0.2) is 0 Å². The fourth-order valence-corrected chi connectivity index (χ4v) is 10.5. The van der Waals surface area contributed by atoms with Gasteiger partial charge in [-0.05, 0) is 82.6 Å². The third-order valence-corrected chi connectivity index (χ3v) is 13.4. The first-order chi connectivity index (χ1) is 28.5. The van der Waals surface area contributed by atoms with Gasteiger partial charge >= 0.3 is 0 Å². The maximum atomic E-state index is 2.53. The summed E-state index contributed by atoms with van der Waals surface area (Å²) < 4.78 is 5.48. The second kappa shape index (κ2) is 11.7. The summed E-state index contributed by atoms with van der Waals surface area (Å²) in [5.74, 6) is 0. The zero-order chi connectivity index (χ0) is 40.0. The molecule has 0 saturated carbocycles. The molecule has 4 heterocycles. The van der Waals surface area contributed by atoms with E-state index in [0.717, 1.165) is 0 Å². The third kappa shape index (κ3) is 4.57. The van der Waals surface area contributed by atoms with Crippen LogP contribution < -0.4 is 4.48 Å². The van der Waals surface area contributed by atoms with E-state index in [-0.39, 0.29) is 10.8 Å². The number of quaternary nitrogens is 1. The van der Waals surface area contributed by atoms with Crippen LogP contribution in [0.25, 0.3) is 77.2 Å². The van der Waals surface area contributed by atoms with Gasteiger partial charge in [-0.15, -0.1) is 0 Å². The maximum Gasteiger partial charge on any atom is 0.158 e. The van der Waals surface area contributed by atoms with Crippen LogP contribution in [0.5, 0.6) is 0 Å². The highest BCUT2D eigenvalue weighted by Crippen LogP contribution is 2.70. The molecule has 0 amide bonds. The van der Waals surface area contributed by atoms with Gasteiger partial charge in [0.1, 0.15) is 0 Å². The highest BCUT2D eigenvalue weighted by Gasteiger charge is 2.55. The van der Waals surface area contributed by atoms with E-state index in [2.05, 4.69) is 221 Å². The van der Waals surface area contributed by atoms with Gasteiger partial charge in [-0.1, -0.05) is 126 Å². The molecule has 0 bridgehead atoms. The normalized spacial score (nSPS) is 14.1. The van der Waals surface area contributed by atoms with Crippen LogP contribution in [0, 0.1) is 0 Å². The molecule has 12 rings (SSSR count). The highest BCUT2D eigenvalue weighted by atomic mass is 15.4. The van der Waals surface area contributed by atoms with Gasteiger partial charge in [0.25, 0.3) is 0 Å². The Balaban J connectivity index is 1.23. The molecule has 2 aromatic heterocycles. The lowest BCUT2D eigenvalue weighted by molar-refractivity contribution is 0.586. The third-order valence-electron chi connectivity index (χ3n) is 13.4. The van der Waals surface area contributed by atoms with Gasteiger partial charge in [0.15, 0.2) is 22.7 Å². The summed E-state index contributed by atoms with van der Waals surface area (Å²) in [6.07, 6.45) is 0. The SMILES string of the molecule is CC(C)(C)c1ccc2c(c1)[N+]1(c3cc(-n4c5ccccc5c5ccccc54)ccc3-c3ccc(-n4c5ccccc5c5ccccc54)cc31)c1cc(C(C)(C)C)ccc1-2. The summed E-state index contributed by atoms with van der Waals surface area (Å²) in [6, 6.07) is 64.6. The number of aromatic nitrogens is 2. The highest BCUT2D eigenvalue weighted by molar-refractivity contribution is 6.14. The number of nitrogens with zero attached hydrogens (tertiary/aromatic N) is 3. The van der Waals surface area contributed by atoms with Crippen molar-refractivity contribution in [2.45, 2.75) is 52.4 Å². The summed E-state index contributed by atoms with van der Waals surface area (Å²) >= 11 is 0. The van der Waals surface area contributed by atoms with E-state index in [1.54, 1.807) is 0 Å².